The van der Waals surface area contributed by atoms with Gasteiger partial charge < -0.3 is 19.9 Å². The van der Waals surface area contributed by atoms with Gasteiger partial charge >= 0.3 is 0 Å². The molecule has 1 N–H and O–H groups in total. The second-order valence-corrected chi connectivity index (χ2v) is 8.70. The van der Waals surface area contributed by atoms with E-state index in [1.54, 1.807) is 7.11 Å². The first-order valence-corrected chi connectivity index (χ1v) is 11.4. The number of methoxy groups -OCH3 is 1. The molecule has 4 rings (SSSR count). The molecule has 1 amide bonds. The van der Waals surface area contributed by atoms with Gasteiger partial charge in [-0.05, 0) is 55.2 Å². The van der Waals surface area contributed by atoms with Gasteiger partial charge in [-0.2, -0.15) is 0 Å². The number of amides is 1. The minimum atomic E-state index is 0.0466. The van der Waals surface area contributed by atoms with Crippen molar-refractivity contribution in [1.82, 2.24) is 4.90 Å². The van der Waals surface area contributed by atoms with Crippen LogP contribution in [0.1, 0.15) is 19.8 Å². The Bertz CT molecular complexity index is 854. The van der Waals surface area contributed by atoms with E-state index < -0.39 is 0 Å². The molecule has 0 saturated carbocycles. The Balaban J connectivity index is 1.24. The number of hydrogen-bond acceptors (Lipinski definition) is 5. The number of ether oxygens (including phenoxy) is 1. The molecule has 2 heterocycles. The van der Waals surface area contributed by atoms with Crippen LogP contribution in [0.25, 0.3) is 0 Å². The highest BCUT2D eigenvalue weighted by Crippen LogP contribution is 2.28. The number of hydrogen-bond donors (Lipinski definition) is 1. The summed E-state index contributed by atoms with van der Waals surface area (Å²) in [6.45, 7) is 8.48. The molecule has 0 bridgehead atoms. The lowest BCUT2D eigenvalue weighted by atomic mass is 9.99. The molecule has 0 atom stereocenters. The molecular formula is C25H34N4O2. The minimum Gasteiger partial charge on any atom is -0.495 e. The molecule has 0 unspecified atom stereocenters. The second-order valence-electron chi connectivity index (χ2n) is 8.70. The van der Waals surface area contributed by atoms with Gasteiger partial charge in [-0.3, -0.25) is 9.69 Å². The van der Waals surface area contributed by atoms with Crippen LogP contribution in [0, 0.1) is 5.92 Å². The van der Waals surface area contributed by atoms with E-state index >= 15 is 0 Å². The van der Waals surface area contributed by atoms with Crippen LogP contribution in [0.3, 0.4) is 0 Å². The Hall–Kier alpha value is -2.73. The maximum absolute atomic E-state index is 12.6. The molecule has 0 spiro atoms. The van der Waals surface area contributed by atoms with Crippen molar-refractivity contribution < 1.29 is 9.53 Å². The molecule has 0 aliphatic carbocycles. The van der Waals surface area contributed by atoms with Crippen LogP contribution < -0.4 is 19.9 Å². The fourth-order valence-electron chi connectivity index (χ4n) is 4.46. The fraction of sp³-hybridized carbons (Fsp3) is 0.480. The summed E-state index contributed by atoms with van der Waals surface area (Å²) in [5, 5.41) is 3.05. The van der Waals surface area contributed by atoms with Crippen LogP contribution in [0.2, 0.25) is 0 Å². The largest absolute Gasteiger partial charge is 0.495 e. The minimum absolute atomic E-state index is 0.0466. The summed E-state index contributed by atoms with van der Waals surface area (Å²) in [6.07, 6.45) is 2.51. The van der Waals surface area contributed by atoms with Crippen molar-refractivity contribution in [2.75, 3.05) is 68.0 Å². The molecule has 2 aliphatic rings. The van der Waals surface area contributed by atoms with Crippen molar-refractivity contribution in [3.63, 3.8) is 0 Å². The Labute approximate surface area is 185 Å². The zero-order valence-electron chi connectivity index (χ0n) is 18.7. The number of anilines is 3. The number of piperidine rings is 1. The lowest BCUT2D eigenvalue weighted by Gasteiger charge is -2.36. The number of piperazine rings is 1. The van der Waals surface area contributed by atoms with Crippen LogP contribution in [0.4, 0.5) is 17.1 Å². The molecule has 166 valence electrons. The number of para-hydroxylation sites is 2. The van der Waals surface area contributed by atoms with Crippen molar-refractivity contribution in [2.45, 2.75) is 19.8 Å². The van der Waals surface area contributed by atoms with E-state index in [9.17, 15) is 4.79 Å². The van der Waals surface area contributed by atoms with Crippen LogP contribution >= 0.6 is 0 Å². The van der Waals surface area contributed by atoms with Gasteiger partial charge in [0.25, 0.3) is 0 Å². The van der Waals surface area contributed by atoms with Crippen molar-refractivity contribution in [3.05, 3.63) is 48.5 Å². The van der Waals surface area contributed by atoms with Gasteiger partial charge in [-0.1, -0.05) is 19.1 Å². The smallest absolute Gasteiger partial charge is 0.238 e. The quantitative estimate of drug-likeness (QED) is 0.769. The monoisotopic (exact) mass is 422 g/mol. The summed E-state index contributed by atoms with van der Waals surface area (Å²) >= 11 is 0. The van der Waals surface area contributed by atoms with Crippen LogP contribution in [-0.4, -0.2) is 63.7 Å². The normalized spacial score (nSPS) is 18.1. The van der Waals surface area contributed by atoms with E-state index in [4.69, 9.17) is 4.74 Å². The van der Waals surface area contributed by atoms with Crippen LogP contribution in [0.5, 0.6) is 5.75 Å². The van der Waals surface area contributed by atoms with Gasteiger partial charge in [0.2, 0.25) is 5.91 Å². The standard InChI is InChI=1S/C25H34N4O2/c1-20-11-13-28(14-12-20)22-9-7-21(8-10-22)26-25(30)19-27-15-17-29(18-16-27)23-5-3-4-6-24(23)31-2/h3-10,20H,11-19H2,1-2H3,(H,26,30). The number of carbonyl (C=O) groups is 1. The summed E-state index contributed by atoms with van der Waals surface area (Å²) in [5.41, 5.74) is 3.24. The van der Waals surface area contributed by atoms with E-state index in [0.29, 0.717) is 6.54 Å². The number of benzene rings is 2. The number of nitrogens with one attached hydrogen (secondary N) is 1. The zero-order chi connectivity index (χ0) is 21.6. The van der Waals surface area contributed by atoms with Gasteiger partial charge in [0.15, 0.2) is 0 Å². The average Bonchev–Trinajstić information content (AvgIpc) is 2.80. The van der Waals surface area contributed by atoms with Gasteiger partial charge in [-0.15, -0.1) is 0 Å². The fourth-order valence-corrected chi connectivity index (χ4v) is 4.46. The first kappa shape index (κ1) is 21.5. The van der Waals surface area contributed by atoms with Crippen LogP contribution in [-0.2, 0) is 4.79 Å². The maximum atomic E-state index is 12.6. The first-order chi connectivity index (χ1) is 15.1. The van der Waals surface area contributed by atoms with Gasteiger partial charge in [-0.25, -0.2) is 0 Å². The van der Waals surface area contributed by atoms with E-state index in [-0.39, 0.29) is 5.91 Å². The van der Waals surface area contributed by atoms with E-state index in [1.807, 2.05) is 30.3 Å². The predicted molar refractivity (Wildman–Crippen MR) is 127 cm³/mol. The van der Waals surface area contributed by atoms with Crippen LogP contribution in [0.15, 0.2) is 48.5 Å². The highest BCUT2D eigenvalue weighted by molar-refractivity contribution is 5.92. The van der Waals surface area contributed by atoms with Crippen molar-refractivity contribution in [2.24, 2.45) is 5.92 Å². The molecule has 2 fully saturated rings. The zero-order valence-corrected chi connectivity index (χ0v) is 18.7. The summed E-state index contributed by atoms with van der Waals surface area (Å²) in [7, 11) is 1.71. The SMILES string of the molecule is COc1ccccc1N1CCN(CC(=O)Nc2ccc(N3CCC(C)CC3)cc2)CC1. The lowest BCUT2D eigenvalue weighted by Crippen LogP contribution is -2.48. The molecule has 2 aromatic rings. The predicted octanol–water partition coefficient (Wildman–Crippen LogP) is 3.69. The summed E-state index contributed by atoms with van der Waals surface area (Å²) in [5.74, 6) is 1.77. The van der Waals surface area contributed by atoms with Gasteiger partial charge in [0.1, 0.15) is 5.75 Å². The van der Waals surface area contributed by atoms with Crippen molar-refractivity contribution in [3.8, 4) is 5.75 Å². The highest BCUT2D eigenvalue weighted by atomic mass is 16.5. The third-order valence-corrected chi connectivity index (χ3v) is 6.47. The third-order valence-electron chi connectivity index (χ3n) is 6.47. The molecule has 2 saturated heterocycles. The van der Waals surface area contributed by atoms with Gasteiger partial charge in [0.05, 0.1) is 19.3 Å². The van der Waals surface area contributed by atoms with E-state index in [0.717, 1.165) is 62.3 Å². The molecule has 6 heteroatoms. The molecular weight excluding hydrogens is 388 g/mol. The van der Waals surface area contributed by atoms with E-state index in [1.165, 1.54) is 18.5 Å². The summed E-state index contributed by atoms with van der Waals surface area (Å²) < 4.78 is 5.49. The number of carbonyl (C=O) groups excluding carboxylic acids is 1. The Morgan fingerprint density at radius 3 is 2.29 bits per heavy atom. The second kappa shape index (κ2) is 10.1. The Morgan fingerprint density at radius 1 is 0.935 bits per heavy atom. The lowest BCUT2D eigenvalue weighted by molar-refractivity contribution is -0.117. The Kier molecular flexibility index (Phi) is 6.97. The summed E-state index contributed by atoms with van der Waals surface area (Å²) in [4.78, 5) is 19.5. The average molecular weight is 423 g/mol. The number of nitrogens with zero attached hydrogens (tertiary/aromatic N) is 3. The third kappa shape index (κ3) is 5.50. The molecule has 31 heavy (non-hydrogen) atoms. The van der Waals surface area contributed by atoms with E-state index in [2.05, 4.69) is 45.1 Å². The Morgan fingerprint density at radius 2 is 1.61 bits per heavy atom. The first-order valence-electron chi connectivity index (χ1n) is 11.4. The molecule has 6 nitrogen and oxygen atoms in total. The molecule has 2 aromatic carbocycles. The summed E-state index contributed by atoms with van der Waals surface area (Å²) in [6, 6.07) is 16.4. The molecule has 0 radical (unpaired) electrons. The van der Waals surface area contributed by atoms with Crippen molar-refractivity contribution >= 4 is 23.0 Å². The molecule has 0 aromatic heterocycles. The molecule has 2 aliphatic heterocycles. The van der Waals surface area contributed by atoms with Gasteiger partial charge in [0, 0.05) is 50.6 Å². The topological polar surface area (TPSA) is 48.1 Å². The number of rotatable bonds is 6. The highest BCUT2D eigenvalue weighted by Gasteiger charge is 2.21. The maximum Gasteiger partial charge on any atom is 0.238 e. The van der Waals surface area contributed by atoms with Crippen molar-refractivity contribution in [1.29, 1.82) is 0 Å².